The van der Waals surface area contributed by atoms with Crippen LogP contribution in [0, 0.1) is 6.92 Å². The Labute approximate surface area is 122 Å². The first-order valence-electron chi connectivity index (χ1n) is 7.73. The van der Waals surface area contributed by atoms with Crippen molar-refractivity contribution in [2.45, 2.75) is 51.7 Å². The summed E-state index contributed by atoms with van der Waals surface area (Å²) in [5.74, 6) is 1.00. The topological polar surface area (TPSA) is 30.5 Å². The van der Waals surface area contributed by atoms with E-state index in [1.54, 1.807) is 0 Å². The normalized spacial score (nSPS) is 20.1. The summed E-state index contributed by atoms with van der Waals surface area (Å²) in [6.07, 6.45) is 5.09. The van der Waals surface area contributed by atoms with Gasteiger partial charge in [-0.3, -0.25) is 0 Å². The SMILES string of the molecule is CNC(C)c1ccc(OCCCC2CCCO2)c(C)c1. The molecule has 0 amide bonds. The summed E-state index contributed by atoms with van der Waals surface area (Å²) < 4.78 is 11.5. The lowest BCUT2D eigenvalue weighted by Crippen LogP contribution is -2.12. The van der Waals surface area contributed by atoms with Gasteiger partial charge in [-0.2, -0.15) is 0 Å². The molecule has 0 radical (unpaired) electrons. The van der Waals surface area contributed by atoms with Crippen molar-refractivity contribution in [1.29, 1.82) is 0 Å². The molecule has 0 saturated carbocycles. The lowest BCUT2D eigenvalue weighted by Gasteiger charge is -2.15. The van der Waals surface area contributed by atoms with E-state index < -0.39 is 0 Å². The van der Waals surface area contributed by atoms with Gasteiger partial charge in [-0.25, -0.2) is 0 Å². The van der Waals surface area contributed by atoms with Crippen molar-refractivity contribution in [2.24, 2.45) is 0 Å². The highest BCUT2D eigenvalue weighted by Gasteiger charge is 2.14. The number of hydrogen-bond acceptors (Lipinski definition) is 3. The number of rotatable bonds is 7. The lowest BCUT2D eigenvalue weighted by molar-refractivity contribution is 0.0981. The highest BCUT2D eigenvalue weighted by molar-refractivity contribution is 5.37. The van der Waals surface area contributed by atoms with Gasteiger partial charge in [0.2, 0.25) is 0 Å². The molecule has 0 aromatic heterocycles. The highest BCUT2D eigenvalue weighted by Crippen LogP contribution is 2.23. The van der Waals surface area contributed by atoms with Gasteiger partial charge in [0.15, 0.2) is 0 Å². The Morgan fingerprint density at radius 1 is 1.45 bits per heavy atom. The largest absolute Gasteiger partial charge is 0.493 e. The van der Waals surface area contributed by atoms with E-state index in [-0.39, 0.29) is 0 Å². The van der Waals surface area contributed by atoms with E-state index in [0.29, 0.717) is 12.1 Å². The summed E-state index contributed by atoms with van der Waals surface area (Å²) >= 11 is 0. The fraction of sp³-hybridized carbons (Fsp3) is 0.647. The summed E-state index contributed by atoms with van der Waals surface area (Å²) in [5.41, 5.74) is 2.51. The minimum Gasteiger partial charge on any atom is -0.493 e. The molecule has 112 valence electrons. The third kappa shape index (κ3) is 4.22. The van der Waals surface area contributed by atoms with Crippen LogP contribution in [0.1, 0.15) is 49.8 Å². The second kappa shape index (κ2) is 7.65. The van der Waals surface area contributed by atoms with Gasteiger partial charge in [0.1, 0.15) is 5.75 Å². The van der Waals surface area contributed by atoms with Crippen molar-refractivity contribution in [2.75, 3.05) is 20.3 Å². The molecule has 2 atom stereocenters. The molecule has 3 nitrogen and oxygen atoms in total. The van der Waals surface area contributed by atoms with E-state index in [0.717, 1.165) is 31.8 Å². The summed E-state index contributed by atoms with van der Waals surface area (Å²) in [4.78, 5) is 0. The molecule has 2 unspecified atom stereocenters. The van der Waals surface area contributed by atoms with Gasteiger partial charge in [0.05, 0.1) is 12.7 Å². The first-order valence-corrected chi connectivity index (χ1v) is 7.73. The number of hydrogen-bond donors (Lipinski definition) is 1. The minimum atomic E-state index is 0.377. The predicted molar refractivity (Wildman–Crippen MR) is 82.4 cm³/mol. The Bertz CT molecular complexity index is 413. The van der Waals surface area contributed by atoms with E-state index in [2.05, 4.69) is 37.4 Å². The smallest absolute Gasteiger partial charge is 0.122 e. The zero-order valence-corrected chi connectivity index (χ0v) is 12.9. The monoisotopic (exact) mass is 277 g/mol. The zero-order valence-electron chi connectivity index (χ0n) is 12.9. The van der Waals surface area contributed by atoms with Crippen LogP contribution < -0.4 is 10.1 Å². The molecule has 0 aliphatic carbocycles. The average Bonchev–Trinajstić information content (AvgIpc) is 2.97. The zero-order chi connectivity index (χ0) is 14.4. The van der Waals surface area contributed by atoms with E-state index in [4.69, 9.17) is 9.47 Å². The van der Waals surface area contributed by atoms with Crippen molar-refractivity contribution in [3.05, 3.63) is 29.3 Å². The fourth-order valence-corrected chi connectivity index (χ4v) is 2.64. The van der Waals surface area contributed by atoms with Gasteiger partial charge in [0, 0.05) is 12.6 Å². The first kappa shape index (κ1) is 15.3. The molecule has 3 heteroatoms. The van der Waals surface area contributed by atoms with Crippen LogP contribution in [-0.2, 0) is 4.74 Å². The third-order valence-corrected chi connectivity index (χ3v) is 4.08. The van der Waals surface area contributed by atoms with Crippen molar-refractivity contribution in [3.63, 3.8) is 0 Å². The third-order valence-electron chi connectivity index (χ3n) is 4.08. The Morgan fingerprint density at radius 3 is 2.95 bits per heavy atom. The molecular weight excluding hydrogens is 250 g/mol. The van der Waals surface area contributed by atoms with Gasteiger partial charge in [-0.1, -0.05) is 12.1 Å². The van der Waals surface area contributed by atoms with Crippen LogP contribution in [-0.4, -0.2) is 26.4 Å². The molecule has 1 heterocycles. The Kier molecular flexibility index (Phi) is 5.86. The summed E-state index contributed by atoms with van der Waals surface area (Å²) in [6, 6.07) is 6.81. The van der Waals surface area contributed by atoms with E-state index in [1.807, 2.05) is 7.05 Å². The maximum absolute atomic E-state index is 5.89. The highest BCUT2D eigenvalue weighted by atomic mass is 16.5. The standard InChI is InChI=1S/C17H27NO2/c1-13-12-15(14(2)18-3)8-9-17(13)20-11-5-7-16-6-4-10-19-16/h8-9,12,14,16,18H,4-7,10-11H2,1-3H3. The molecule has 20 heavy (non-hydrogen) atoms. The van der Waals surface area contributed by atoms with Gasteiger partial charge in [0.25, 0.3) is 0 Å². The molecular formula is C17H27NO2. The van der Waals surface area contributed by atoms with Gasteiger partial charge in [-0.05, 0) is 63.8 Å². The summed E-state index contributed by atoms with van der Waals surface area (Å²) in [5, 5.41) is 3.26. The number of benzene rings is 1. The maximum atomic E-state index is 5.89. The van der Waals surface area contributed by atoms with Gasteiger partial charge < -0.3 is 14.8 Å². The Balaban J connectivity index is 1.77. The summed E-state index contributed by atoms with van der Waals surface area (Å²) in [6.45, 7) is 6.00. The minimum absolute atomic E-state index is 0.377. The van der Waals surface area contributed by atoms with Gasteiger partial charge >= 0.3 is 0 Å². The lowest BCUT2D eigenvalue weighted by atomic mass is 10.1. The van der Waals surface area contributed by atoms with Gasteiger partial charge in [-0.15, -0.1) is 0 Å². The molecule has 1 aliphatic heterocycles. The van der Waals surface area contributed by atoms with Crippen LogP contribution in [0.3, 0.4) is 0 Å². The molecule has 1 N–H and O–H groups in total. The van der Waals surface area contributed by atoms with E-state index in [1.165, 1.54) is 24.0 Å². The van der Waals surface area contributed by atoms with Crippen molar-refractivity contribution < 1.29 is 9.47 Å². The van der Waals surface area contributed by atoms with Crippen LogP contribution in [0.2, 0.25) is 0 Å². The van der Waals surface area contributed by atoms with Crippen LogP contribution in [0.15, 0.2) is 18.2 Å². The van der Waals surface area contributed by atoms with E-state index in [9.17, 15) is 0 Å². The summed E-state index contributed by atoms with van der Waals surface area (Å²) in [7, 11) is 1.98. The Hall–Kier alpha value is -1.06. The molecule has 1 aromatic carbocycles. The van der Waals surface area contributed by atoms with Crippen LogP contribution in [0.25, 0.3) is 0 Å². The van der Waals surface area contributed by atoms with Crippen molar-refractivity contribution in [3.8, 4) is 5.75 Å². The molecule has 1 aliphatic rings. The average molecular weight is 277 g/mol. The quantitative estimate of drug-likeness (QED) is 0.772. The molecule has 0 bridgehead atoms. The number of nitrogens with one attached hydrogen (secondary N) is 1. The second-order valence-electron chi connectivity index (χ2n) is 5.66. The molecule has 1 saturated heterocycles. The first-order chi connectivity index (χ1) is 9.70. The second-order valence-corrected chi connectivity index (χ2v) is 5.66. The molecule has 1 aromatic rings. The maximum Gasteiger partial charge on any atom is 0.122 e. The van der Waals surface area contributed by atoms with Crippen LogP contribution in [0.4, 0.5) is 0 Å². The number of ether oxygens (including phenoxy) is 2. The van der Waals surface area contributed by atoms with E-state index >= 15 is 0 Å². The van der Waals surface area contributed by atoms with Crippen molar-refractivity contribution in [1.82, 2.24) is 5.32 Å². The van der Waals surface area contributed by atoms with Crippen LogP contribution >= 0.6 is 0 Å². The molecule has 2 rings (SSSR count). The number of aryl methyl sites for hydroxylation is 1. The predicted octanol–water partition coefficient (Wildman–Crippen LogP) is 3.61. The van der Waals surface area contributed by atoms with Crippen LogP contribution in [0.5, 0.6) is 5.75 Å². The Morgan fingerprint density at radius 2 is 2.30 bits per heavy atom. The fourth-order valence-electron chi connectivity index (χ4n) is 2.64. The molecule has 1 fully saturated rings. The molecule has 0 spiro atoms. The van der Waals surface area contributed by atoms with Crippen molar-refractivity contribution >= 4 is 0 Å².